The number of nitrogens with zero attached hydrogens (tertiary/aromatic N) is 4. The van der Waals surface area contributed by atoms with Crippen LogP contribution in [0.15, 0.2) is 29.9 Å². The first-order valence-corrected chi connectivity index (χ1v) is 10.7. The first-order valence-electron chi connectivity index (χ1n) is 9.78. The van der Waals surface area contributed by atoms with Crippen LogP contribution in [0.25, 0.3) is 32.6 Å². The smallest absolute Gasteiger partial charge is 0.164 e. The van der Waals surface area contributed by atoms with Gasteiger partial charge in [-0.1, -0.05) is 6.42 Å². The molecule has 0 radical (unpaired) electrons. The van der Waals surface area contributed by atoms with Gasteiger partial charge < -0.3 is 9.88 Å². The Labute approximate surface area is 165 Å². The first kappa shape index (κ1) is 16.4. The molecule has 0 spiro atoms. The van der Waals surface area contributed by atoms with Crippen LogP contribution in [0.4, 0.5) is 10.2 Å². The Kier molecular flexibility index (Phi) is 3.50. The standard InChI is InChI=1S/C21H20FN5S/c1-27-10-15(14-8-13(22)9-23-21(14)27)19-24-16-4-5-28-18(16)20(26-19)25-17-7-11-2-3-12(17)6-11/h4-5,8-12,17H,2-3,6-7H2,1H3,(H,24,25,26). The predicted octanol–water partition coefficient (Wildman–Crippen LogP) is 4.98. The summed E-state index contributed by atoms with van der Waals surface area (Å²) in [5, 5.41) is 6.53. The molecule has 0 amide bonds. The third-order valence-electron chi connectivity index (χ3n) is 6.38. The maximum Gasteiger partial charge on any atom is 0.164 e. The molecule has 4 aromatic heterocycles. The number of pyridine rings is 1. The van der Waals surface area contributed by atoms with E-state index in [4.69, 9.17) is 9.97 Å². The largest absolute Gasteiger partial charge is 0.366 e. The molecule has 0 saturated heterocycles. The zero-order valence-electron chi connectivity index (χ0n) is 15.5. The first-order chi connectivity index (χ1) is 13.7. The highest BCUT2D eigenvalue weighted by Crippen LogP contribution is 2.46. The van der Waals surface area contributed by atoms with Gasteiger partial charge in [-0.15, -0.1) is 11.3 Å². The summed E-state index contributed by atoms with van der Waals surface area (Å²) in [6, 6.07) is 4.04. The van der Waals surface area contributed by atoms with E-state index in [0.29, 0.717) is 11.9 Å². The van der Waals surface area contributed by atoms with E-state index in [1.165, 1.54) is 37.9 Å². The Hall–Kier alpha value is -2.54. The van der Waals surface area contributed by atoms with E-state index in [1.54, 1.807) is 11.3 Å². The third-order valence-corrected chi connectivity index (χ3v) is 7.30. The molecule has 2 aliphatic carbocycles. The van der Waals surface area contributed by atoms with Crippen LogP contribution in [-0.4, -0.2) is 25.6 Å². The maximum atomic E-state index is 13.9. The highest BCUT2D eigenvalue weighted by molar-refractivity contribution is 7.17. The zero-order chi connectivity index (χ0) is 18.8. The summed E-state index contributed by atoms with van der Waals surface area (Å²) < 4.78 is 16.8. The minimum atomic E-state index is -0.350. The number of aromatic nitrogens is 4. The number of fused-ring (bicyclic) bond motifs is 4. The van der Waals surface area contributed by atoms with Gasteiger partial charge in [0.05, 0.1) is 16.4 Å². The van der Waals surface area contributed by atoms with Gasteiger partial charge in [-0.3, -0.25) is 0 Å². The molecule has 2 aliphatic rings. The van der Waals surface area contributed by atoms with Gasteiger partial charge in [-0.25, -0.2) is 19.3 Å². The van der Waals surface area contributed by atoms with Crippen LogP contribution in [0.3, 0.4) is 0 Å². The monoisotopic (exact) mass is 393 g/mol. The SMILES string of the molecule is Cn1cc(-c2nc(NC3CC4CCC3C4)c3sccc3n2)c2cc(F)cnc21. The third kappa shape index (κ3) is 2.45. The van der Waals surface area contributed by atoms with Gasteiger partial charge in [0.1, 0.15) is 17.3 Å². The fourth-order valence-corrected chi connectivity index (χ4v) is 5.88. The van der Waals surface area contributed by atoms with E-state index in [0.717, 1.165) is 44.5 Å². The van der Waals surface area contributed by atoms with Crippen LogP contribution in [0.1, 0.15) is 25.7 Å². The lowest BCUT2D eigenvalue weighted by atomic mass is 9.95. The van der Waals surface area contributed by atoms with Gasteiger partial charge in [0, 0.05) is 30.2 Å². The fourth-order valence-electron chi connectivity index (χ4n) is 5.09. The van der Waals surface area contributed by atoms with Crippen molar-refractivity contribution in [3.8, 4) is 11.4 Å². The van der Waals surface area contributed by atoms with Gasteiger partial charge in [0.15, 0.2) is 5.82 Å². The second-order valence-corrected chi connectivity index (χ2v) is 9.05. The molecular weight excluding hydrogens is 373 g/mol. The maximum absolute atomic E-state index is 13.9. The summed E-state index contributed by atoms with van der Waals surface area (Å²) >= 11 is 1.67. The number of aryl methyl sites for hydroxylation is 1. The Bertz CT molecular complexity index is 1210. The molecule has 1 N–H and O–H groups in total. The number of nitrogens with one attached hydrogen (secondary N) is 1. The van der Waals surface area contributed by atoms with Crippen molar-refractivity contribution < 1.29 is 4.39 Å². The summed E-state index contributed by atoms with van der Waals surface area (Å²) in [6.07, 6.45) is 8.46. The number of rotatable bonds is 3. The van der Waals surface area contributed by atoms with Gasteiger partial charge in [0.2, 0.25) is 0 Å². The van der Waals surface area contributed by atoms with Gasteiger partial charge in [0.25, 0.3) is 0 Å². The van der Waals surface area contributed by atoms with E-state index < -0.39 is 0 Å². The van der Waals surface area contributed by atoms with Crippen LogP contribution in [0, 0.1) is 17.7 Å². The van der Waals surface area contributed by atoms with Gasteiger partial charge in [-0.2, -0.15) is 0 Å². The summed E-state index contributed by atoms with van der Waals surface area (Å²) in [7, 11) is 1.91. The Morgan fingerprint density at radius 2 is 2.18 bits per heavy atom. The van der Waals surface area contributed by atoms with Crippen molar-refractivity contribution >= 4 is 38.4 Å². The Morgan fingerprint density at radius 3 is 3.00 bits per heavy atom. The van der Waals surface area contributed by atoms with Crippen LogP contribution >= 0.6 is 11.3 Å². The highest BCUT2D eigenvalue weighted by atomic mass is 32.1. The minimum Gasteiger partial charge on any atom is -0.366 e. The average molecular weight is 393 g/mol. The van der Waals surface area contributed by atoms with E-state index >= 15 is 0 Å². The molecule has 28 heavy (non-hydrogen) atoms. The lowest BCUT2D eigenvalue weighted by Gasteiger charge is -2.23. The molecule has 0 aromatic carbocycles. The molecule has 4 aromatic rings. The van der Waals surface area contributed by atoms with Crippen molar-refractivity contribution in [1.29, 1.82) is 0 Å². The van der Waals surface area contributed by atoms with E-state index in [-0.39, 0.29) is 5.82 Å². The lowest BCUT2D eigenvalue weighted by Crippen LogP contribution is -2.26. The fraction of sp³-hybridized carbons (Fsp3) is 0.381. The second-order valence-electron chi connectivity index (χ2n) is 8.13. The topological polar surface area (TPSA) is 55.6 Å². The molecule has 142 valence electrons. The summed E-state index contributed by atoms with van der Waals surface area (Å²) in [5.74, 6) is 2.81. The Morgan fingerprint density at radius 1 is 1.25 bits per heavy atom. The molecule has 6 rings (SSSR count). The predicted molar refractivity (Wildman–Crippen MR) is 110 cm³/mol. The van der Waals surface area contributed by atoms with E-state index in [2.05, 4.69) is 15.7 Å². The molecule has 4 heterocycles. The molecule has 3 unspecified atom stereocenters. The number of hydrogen-bond donors (Lipinski definition) is 1. The second kappa shape index (κ2) is 5.98. The van der Waals surface area contributed by atoms with Crippen molar-refractivity contribution in [2.45, 2.75) is 31.7 Å². The molecular formula is C21H20FN5S. The van der Waals surface area contributed by atoms with Gasteiger partial charge in [-0.05, 0) is 48.6 Å². The van der Waals surface area contributed by atoms with Crippen molar-refractivity contribution in [3.63, 3.8) is 0 Å². The van der Waals surface area contributed by atoms with E-state index in [9.17, 15) is 4.39 Å². The summed E-state index contributed by atoms with van der Waals surface area (Å²) in [4.78, 5) is 13.9. The highest BCUT2D eigenvalue weighted by Gasteiger charge is 2.39. The molecule has 2 saturated carbocycles. The average Bonchev–Trinajstić information content (AvgIpc) is 3.45. The molecule has 7 heteroatoms. The lowest BCUT2D eigenvalue weighted by molar-refractivity contribution is 0.439. The quantitative estimate of drug-likeness (QED) is 0.533. The van der Waals surface area contributed by atoms with Crippen molar-refractivity contribution in [1.82, 2.24) is 19.5 Å². The zero-order valence-corrected chi connectivity index (χ0v) is 16.3. The molecule has 2 fully saturated rings. The Balaban J connectivity index is 1.48. The summed E-state index contributed by atoms with van der Waals surface area (Å²) in [6.45, 7) is 0. The van der Waals surface area contributed by atoms with Crippen molar-refractivity contribution in [2.24, 2.45) is 18.9 Å². The van der Waals surface area contributed by atoms with E-state index in [1.807, 2.05) is 23.9 Å². The minimum absolute atomic E-state index is 0.350. The van der Waals surface area contributed by atoms with Crippen molar-refractivity contribution in [2.75, 3.05) is 5.32 Å². The number of thiophene rings is 1. The summed E-state index contributed by atoms with van der Waals surface area (Å²) in [5.41, 5.74) is 2.48. The van der Waals surface area contributed by atoms with Crippen LogP contribution < -0.4 is 5.32 Å². The van der Waals surface area contributed by atoms with Crippen LogP contribution in [0.2, 0.25) is 0 Å². The molecule has 3 atom stereocenters. The molecule has 2 bridgehead atoms. The normalized spacial score (nSPS) is 23.9. The van der Waals surface area contributed by atoms with Crippen molar-refractivity contribution in [3.05, 3.63) is 35.7 Å². The van der Waals surface area contributed by atoms with Crippen LogP contribution in [0.5, 0.6) is 0 Å². The molecule has 0 aliphatic heterocycles. The molecule has 5 nitrogen and oxygen atoms in total. The van der Waals surface area contributed by atoms with Gasteiger partial charge >= 0.3 is 0 Å². The number of halogens is 1. The van der Waals surface area contributed by atoms with Crippen LogP contribution in [-0.2, 0) is 7.05 Å². The number of hydrogen-bond acceptors (Lipinski definition) is 5. The number of anilines is 1.